The maximum Gasteiger partial charge on any atom is 0.141 e. The van der Waals surface area contributed by atoms with E-state index in [0.29, 0.717) is 0 Å². The second-order valence-electron chi connectivity index (χ2n) is 4.92. The van der Waals surface area contributed by atoms with Crippen LogP contribution in [0, 0.1) is 5.82 Å². The molecule has 0 aliphatic heterocycles. The van der Waals surface area contributed by atoms with Crippen LogP contribution < -0.4 is 5.32 Å². The summed E-state index contributed by atoms with van der Waals surface area (Å²) in [6.07, 6.45) is 5.15. The lowest BCUT2D eigenvalue weighted by atomic mass is 9.97. The van der Waals surface area contributed by atoms with Gasteiger partial charge in [-0.15, -0.1) is 0 Å². The van der Waals surface area contributed by atoms with E-state index in [-0.39, 0.29) is 11.9 Å². The normalized spacial score (nSPS) is 12.3. The number of halogens is 1. The number of benzene rings is 1. The van der Waals surface area contributed by atoms with Crippen LogP contribution in [0.1, 0.15) is 43.0 Å². The number of pyridine rings is 1. The van der Waals surface area contributed by atoms with Crippen LogP contribution in [-0.2, 0) is 6.42 Å². The van der Waals surface area contributed by atoms with Crippen LogP contribution in [0.25, 0.3) is 0 Å². The number of hydrogen-bond acceptors (Lipinski definition) is 2. The van der Waals surface area contributed by atoms with Gasteiger partial charge in [-0.25, -0.2) is 4.39 Å². The van der Waals surface area contributed by atoms with Gasteiger partial charge in [-0.2, -0.15) is 0 Å². The zero-order valence-corrected chi connectivity index (χ0v) is 12.1. The Balaban J connectivity index is 2.35. The van der Waals surface area contributed by atoms with Gasteiger partial charge in [0.1, 0.15) is 5.82 Å². The van der Waals surface area contributed by atoms with Crippen LogP contribution in [0.15, 0.2) is 42.7 Å². The van der Waals surface area contributed by atoms with Gasteiger partial charge >= 0.3 is 0 Å². The van der Waals surface area contributed by atoms with Crippen molar-refractivity contribution < 1.29 is 4.39 Å². The predicted octanol–water partition coefficient (Wildman–Crippen LogP) is 3.87. The number of nitrogens with zero attached hydrogens (tertiary/aromatic N) is 1. The van der Waals surface area contributed by atoms with Crippen LogP contribution >= 0.6 is 0 Å². The van der Waals surface area contributed by atoms with Gasteiger partial charge in [0, 0.05) is 6.20 Å². The molecule has 0 spiro atoms. The van der Waals surface area contributed by atoms with Gasteiger partial charge in [-0.05, 0) is 35.7 Å². The summed E-state index contributed by atoms with van der Waals surface area (Å²) in [5, 5.41) is 3.41. The minimum Gasteiger partial charge on any atom is -0.306 e. The molecular weight excluding hydrogens is 251 g/mol. The highest BCUT2D eigenvalue weighted by atomic mass is 19.1. The van der Waals surface area contributed by atoms with E-state index in [1.807, 2.05) is 0 Å². The van der Waals surface area contributed by atoms with E-state index >= 15 is 0 Å². The molecule has 0 amide bonds. The zero-order valence-electron chi connectivity index (χ0n) is 12.1. The SMILES string of the molecule is CCCc1cccc(C(NCC)c2cncc(F)c2)c1. The molecule has 3 heteroatoms. The molecule has 1 N–H and O–H groups in total. The van der Waals surface area contributed by atoms with Gasteiger partial charge in [0.15, 0.2) is 0 Å². The molecule has 1 aromatic carbocycles. The van der Waals surface area contributed by atoms with E-state index < -0.39 is 0 Å². The van der Waals surface area contributed by atoms with Gasteiger partial charge in [0.25, 0.3) is 0 Å². The summed E-state index contributed by atoms with van der Waals surface area (Å²) in [4.78, 5) is 3.96. The highest BCUT2D eigenvalue weighted by Crippen LogP contribution is 2.23. The Morgan fingerprint density at radius 3 is 2.70 bits per heavy atom. The molecule has 0 radical (unpaired) electrons. The Kier molecular flexibility index (Phi) is 5.24. The van der Waals surface area contributed by atoms with Crippen LogP contribution in [0.5, 0.6) is 0 Å². The Hall–Kier alpha value is -1.74. The molecule has 0 saturated heterocycles. The van der Waals surface area contributed by atoms with Crippen molar-refractivity contribution in [1.82, 2.24) is 10.3 Å². The van der Waals surface area contributed by atoms with Gasteiger partial charge in [0.05, 0.1) is 12.2 Å². The van der Waals surface area contributed by atoms with Gasteiger partial charge in [-0.1, -0.05) is 44.5 Å². The van der Waals surface area contributed by atoms with Crippen molar-refractivity contribution >= 4 is 0 Å². The fraction of sp³-hybridized carbons (Fsp3) is 0.353. The summed E-state index contributed by atoms with van der Waals surface area (Å²) >= 11 is 0. The van der Waals surface area contributed by atoms with Crippen molar-refractivity contribution in [2.24, 2.45) is 0 Å². The third-order valence-electron chi connectivity index (χ3n) is 3.29. The Labute approximate surface area is 120 Å². The molecule has 1 atom stereocenters. The van der Waals surface area contributed by atoms with Crippen LogP contribution in [0.2, 0.25) is 0 Å². The maximum atomic E-state index is 13.4. The molecule has 2 rings (SSSR count). The number of hydrogen-bond donors (Lipinski definition) is 1. The molecule has 0 aliphatic rings. The van der Waals surface area contributed by atoms with E-state index in [0.717, 1.165) is 30.5 Å². The fourth-order valence-electron chi connectivity index (χ4n) is 2.44. The van der Waals surface area contributed by atoms with Crippen LogP contribution in [-0.4, -0.2) is 11.5 Å². The van der Waals surface area contributed by atoms with Crippen molar-refractivity contribution in [1.29, 1.82) is 0 Å². The van der Waals surface area contributed by atoms with Crippen LogP contribution in [0.3, 0.4) is 0 Å². The van der Waals surface area contributed by atoms with Crippen molar-refractivity contribution in [3.8, 4) is 0 Å². The summed E-state index contributed by atoms with van der Waals surface area (Å²) in [5.41, 5.74) is 3.34. The van der Waals surface area contributed by atoms with Gasteiger partial charge in [-0.3, -0.25) is 4.98 Å². The number of aryl methyl sites for hydroxylation is 1. The van der Waals surface area contributed by atoms with E-state index in [2.05, 4.69) is 48.4 Å². The summed E-state index contributed by atoms with van der Waals surface area (Å²) in [6, 6.07) is 10.0. The van der Waals surface area contributed by atoms with E-state index in [4.69, 9.17) is 0 Å². The van der Waals surface area contributed by atoms with E-state index in [1.165, 1.54) is 11.8 Å². The standard InChI is InChI=1S/C17H21FN2/c1-3-6-13-7-5-8-14(9-13)17(20-4-2)15-10-16(18)12-19-11-15/h5,7-12,17,20H,3-4,6H2,1-2H3. The Morgan fingerprint density at radius 1 is 1.15 bits per heavy atom. The molecule has 0 bridgehead atoms. The third-order valence-corrected chi connectivity index (χ3v) is 3.29. The van der Waals surface area contributed by atoms with Crippen molar-refractivity contribution in [3.05, 3.63) is 65.2 Å². The summed E-state index contributed by atoms with van der Waals surface area (Å²) in [5.74, 6) is -0.296. The predicted molar refractivity (Wildman–Crippen MR) is 80.2 cm³/mol. The highest BCUT2D eigenvalue weighted by Gasteiger charge is 2.14. The van der Waals surface area contributed by atoms with Crippen molar-refractivity contribution in [2.45, 2.75) is 32.7 Å². The average Bonchev–Trinajstić information content (AvgIpc) is 2.45. The minimum atomic E-state index is -0.296. The summed E-state index contributed by atoms with van der Waals surface area (Å²) in [7, 11) is 0. The Morgan fingerprint density at radius 2 is 2.00 bits per heavy atom. The van der Waals surface area contributed by atoms with Crippen molar-refractivity contribution in [2.75, 3.05) is 6.54 Å². The molecule has 2 aromatic rings. The summed E-state index contributed by atoms with van der Waals surface area (Å²) in [6.45, 7) is 5.04. The second kappa shape index (κ2) is 7.15. The van der Waals surface area contributed by atoms with E-state index in [1.54, 1.807) is 12.3 Å². The molecule has 1 aromatic heterocycles. The van der Waals surface area contributed by atoms with Crippen LogP contribution in [0.4, 0.5) is 4.39 Å². The molecule has 0 saturated carbocycles. The lowest BCUT2D eigenvalue weighted by Crippen LogP contribution is -2.22. The molecule has 1 unspecified atom stereocenters. The molecule has 0 aliphatic carbocycles. The second-order valence-corrected chi connectivity index (χ2v) is 4.92. The smallest absolute Gasteiger partial charge is 0.141 e. The number of rotatable bonds is 6. The first kappa shape index (κ1) is 14.7. The first-order valence-corrected chi connectivity index (χ1v) is 7.17. The zero-order chi connectivity index (χ0) is 14.4. The van der Waals surface area contributed by atoms with E-state index in [9.17, 15) is 4.39 Å². The maximum absolute atomic E-state index is 13.4. The molecule has 0 fully saturated rings. The first-order valence-electron chi connectivity index (χ1n) is 7.17. The molecule has 1 heterocycles. The molecular formula is C17H21FN2. The monoisotopic (exact) mass is 272 g/mol. The quantitative estimate of drug-likeness (QED) is 0.863. The lowest BCUT2D eigenvalue weighted by Gasteiger charge is -2.19. The lowest BCUT2D eigenvalue weighted by molar-refractivity contribution is 0.595. The first-order chi connectivity index (χ1) is 9.74. The Bertz CT molecular complexity index is 554. The average molecular weight is 272 g/mol. The summed E-state index contributed by atoms with van der Waals surface area (Å²) < 4.78 is 13.4. The topological polar surface area (TPSA) is 24.9 Å². The molecule has 2 nitrogen and oxygen atoms in total. The fourth-order valence-corrected chi connectivity index (χ4v) is 2.44. The number of aromatic nitrogens is 1. The minimum absolute atomic E-state index is 0.0139. The van der Waals surface area contributed by atoms with Gasteiger partial charge in [0.2, 0.25) is 0 Å². The third kappa shape index (κ3) is 3.64. The van der Waals surface area contributed by atoms with Gasteiger partial charge < -0.3 is 5.32 Å². The highest BCUT2D eigenvalue weighted by molar-refractivity contribution is 5.33. The van der Waals surface area contributed by atoms with Crippen molar-refractivity contribution in [3.63, 3.8) is 0 Å². The largest absolute Gasteiger partial charge is 0.306 e. The molecule has 106 valence electrons. The number of nitrogens with one attached hydrogen (secondary N) is 1. The molecule has 20 heavy (non-hydrogen) atoms.